The molecule has 3 heterocycles. The van der Waals surface area contributed by atoms with Gasteiger partial charge in [-0.25, -0.2) is 9.79 Å². The average Bonchev–Trinajstić information content (AvgIpc) is 3.47. The van der Waals surface area contributed by atoms with Crippen LogP contribution in [0.3, 0.4) is 0 Å². The van der Waals surface area contributed by atoms with E-state index in [1.54, 1.807) is 31.6 Å². The lowest BCUT2D eigenvalue weighted by molar-refractivity contribution is -0.139. The van der Waals surface area contributed by atoms with E-state index < -0.39 is 12.0 Å². The van der Waals surface area contributed by atoms with E-state index in [1.807, 2.05) is 67.5 Å². The number of fused-ring (bicyclic) bond motifs is 2. The van der Waals surface area contributed by atoms with Gasteiger partial charge in [0.1, 0.15) is 17.6 Å². The smallest absolute Gasteiger partial charge is 0.338 e. The Morgan fingerprint density at radius 3 is 2.68 bits per heavy atom. The van der Waals surface area contributed by atoms with Crippen LogP contribution in [0.15, 0.2) is 74.0 Å². The quantitative estimate of drug-likeness (QED) is 0.363. The highest BCUT2D eigenvalue weighted by atomic mass is 32.1. The summed E-state index contributed by atoms with van der Waals surface area (Å²) in [5.74, 6) is 1.28. The predicted molar refractivity (Wildman–Crippen MR) is 144 cm³/mol. The predicted octanol–water partition coefficient (Wildman–Crippen LogP) is 3.62. The van der Waals surface area contributed by atoms with E-state index >= 15 is 0 Å². The Labute approximate surface area is 217 Å². The molecule has 37 heavy (non-hydrogen) atoms. The summed E-state index contributed by atoms with van der Waals surface area (Å²) in [7, 11) is 5.35. The molecule has 0 aliphatic carbocycles. The number of aromatic nitrogens is 1. The van der Waals surface area contributed by atoms with Gasteiger partial charge in [0.05, 0.1) is 29.5 Å². The van der Waals surface area contributed by atoms with Crippen LogP contribution in [0, 0.1) is 0 Å². The van der Waals surface area contributed by atoms with Crippen LogP contribution in [0.25, 0.3) is 16.8 Å². The van der Waals surface area contributed by atoms with Crippen LogP contribution < -0.4 is 24.5 Å². The molecule has 0 N–H and O–H groups in total. The Hall–Kier alpha value is -4.11. The Bertz CT molecular complexity index is 1720. The van der Waals surface area contributed by atoms with E-state index in [9.17, 15) is 9.59 Å². The molecule has 2 aromatic heterocycles. The van der Waals surface area contributed by atoms with Gasteiger partial charge in [0.25, 0.3) is 5.56 Å². The minimum Gasteiger partial charge on any atom is -0.496 e. The number of allylic oxidation sites excluding steroid dienone is 1. The fourth-order valence-corrected chi connectivity index (χ4v) is 5.62. The van der Waals surface area contributed by atoms with Crippen molar-refractivity contribution in [1.82, 2.24) is 4.57 Å². The first-order chi connectivity index (χ1) is 17.8. The van der Waals surface area contributed by atoms with Gasteiger partial charge in [0, 0.05) is 31.8 Å². The molecule has 1 aliphatic heterocycles. The third-order valence-electron chi connectivity index (χ3n) is 6.27. The number of rotatable bonds is 6. The number of furan rings is 1. The molecule has 0 bridgehead atoms. The first kappa shape index (κ1) is 24.6. The summed E-state index contributed by atoms with van der Waals surface area (Å²) in [5.41, 5.74) is 1.24. The maximum Gasteiger partial charge on any atom is 0.338 e. The van der Waals surface area contributed by atoms with Crippen LogP contribution >= 0.6 is 11.3 Å². The van der Waals surface area contributed by atoms with Crippen molar-refractivity contribution in [3.05, 3.63) is 90.8 Å². The molecule has 0 saturated heterocycles. The largest absolute Gasteiger partial charge is 0.496 e. The van der Waals surface area contributed by atoms with Crippen LogP contribution in [0.1, 0.15) is 31.2 Å². The molecule has 9 heteroatoms. The lowest BCUT2D eigenvalue weighted by Gasteiger charge is -2.27. The zero-order valence-corrected chi connectivity index (χ0v) is 22.1. The molecule has 190 valence electrons. The van der Waals surface area contributed by atoms with Gasteiger partial charge in [0.15, 0.2) is 10.7 Å². The molecule has 0 saturated carbocycles. The Morgan fingerprint density at radius 2 is 1.97 bits per heavy atom. The van der Waals surface area contributed by atoms with E-state index in [0.29, 0.717) is 43.6 Å². The Balaban J connectivity index is 1.82. The molecule has 1 atom stereocenters. The van der Waals surface area contributed by atoms with Gasteiger partial charge in [-0.2, -0.15) is 0 Å². The maximum atomic E-state index is 13.9. The van der Waals surface area contributed by atoms with Gasteiger partial charge < -0.3 is 18.8 Å². The third kappa shape index (κ3) is 4.25. The van der Waals surface area contributed by atoms with Gasteiger partial charge in [-0.3, -0.25) is 9.36 Å². The number of esters is 1. The van der Waals surface area contributed by atoms with E-state index in [-0.39, 0.29) is 12.2 Å². The van der Waals surface area contributed by atoms with Crippen LogP contribution in [-0.4, -0.2) is 38.3 Å². The molecule has 1 unspecified atom stereocenters. The van der Waals surface area contributed by atoms with E-state index in [2.05, 4.69) is 4.99 Å². The molecule has 8 nitrogen and oxygen atoms in total. The molecule has 0 radical (unpaired) electrons. The molecular weight excluding hydrogens is 490 g/mol. The second-order valence-corrected chi connectivity index (χ2v) is 9.78. The van der Waals surface area contributed by atoms with Crippen LogP contribution in [0.4, 0.5) is 5.88 Å². The number of ether oxygens (including phenoxy) is 2. The van der Waals surface area contributed by atoms with Gasteiger partial charge in [0.2, 0.25) is 0 Å². The third-order valence-corrected chi connectivity index (χ3v) is 7.25. The number of carbonyl (C=O) groups excluding carboxylic acids is 1. The molecule has 0 fully saturated rings. The summed E-state index contributed by atoms with van der Waals surface area (Å²) in [6.07, 6.45) is 1.71. The number of benzene rings is 2. The van der Waals surface area contributed by atoms with E-state index in [1.165, 1.54) is 11.3 Å². The Morgan fingerprint density at radius 1 is 1.19 bits per heavy atom. The zero-order chi connectivity index (χ0) is 26.3. The van der Waals surface area contributed by atoms with Crippen LogP contribution in [-0.2, 0) is 9.53 Å². The highest BCUT2D eigenvalue weighted by molar-refractivity contribution is 7.07. The molecule has 0 spiro atoms. The van der Waals surface area contributed by atoms with E-state index in [0.717, 1.165) is 10.8 Å². The molecule has 2 aromatic carbocycles. The van der Waals surface area contributed by atoms with Crippen molar-refractivity contribution in [3.63, 3.8) is 0 Å². The fraction of sp³-hybridized carbons (Fsp3) is 0.250. The minimum absolute atomic E-state index is 0.201. The highest BCUT2D eigenvalue weighted by Crippen LogP contribution is 2.40. The second-order valence-electron chi connectivity index (χ2n) is 8.78. The monoisotopic (exact) mass is 517 g/mol. The van der Waals surface area contributed by atoms with Crippen molar-refractivity contribution in [2.75, 3.05) is 32.7 Å². The molecule has 1 aliphatic rings. The lowest BCUT2D eigenvalue weighted by atomic mass is 9.90. The summed E-state index contributed by atoms with van der Waals surface area (Å²) < 4.78 is 19.1. The number of hydrogen-bond donors (Lipinski definition) is 0. The molecule has 4 aromatic rings. The number of nitrogens with zero attached hydrogens (tertiary/aromatic N) is 3. The fourth-order valence-electron chi connectivity index (χ4n) is 4.59. The van der Waals surface area contributed by atoms with Crippen molar-refractivity contribution >= 4 is 40.0 Å². The molecule has 5 rings (SSSR count). The van der Waals surface area contributed by atoms with Crippen molar-refractivity contribution < 1.29 is 18.7 Å². The van der Waals surface area contributed by atoms with Crippen molar-refractivity contribution in [2.24, 2.45) is 4.99 Å². The summed E-state index contributed by atoms with van der Waals surface area (Å²) in [6.45, 7) is 3.72. The molecular formula is C28H27N3O5S. The van der Waals surface area contributed by atoms with Crippen LogP contribution in [0.5, 0.6) is 5.75 Å². The first-order valence-corrected chi connectivity index (χ1v) is 12.7. The lowest BCUT2D eigenvalue weighted by Crippen LogP contribution is -2.40. The first-order valence-electron chi connectivity index (χ1n) is 11.9. The molecule has 0 amide bonds. The van der Waals surface area contributed by atoms with Crippen LogP contribution in [0.2, 0.25) is 0 Å². The standard InChI is InChI=1S/C28H27N3O5S/c1-6-35-27(33)23-16(2)29-28-31(26(32)21(37-28)15-18-12-14-22(36-18)30(3)4)25(23)24-19-10-8-7-9-17(19)11-13-20(24)34-5/h7-15,25H,6H2,1-5H3/b21-15+. The summed E-state index contributed by atoms with van der Waals surface area (Å²) >= 11 is 1.25. The number of hydrogen-bond acceptors (Lipinski definition) is 8. The number of carbonyl (C=O) groups is 1. The second kappa shape index (κ2) is 9.74. The summed E-state index contributed by atoms with van der Waals surface area (Å²) in [6, 6.07) is 14.5. The van der Waals surface area contributed by atoms with Gasteiger partial charge >= 0.3 is 5.97 Å². The normalized spacial score (nSPS) is 15.5. The maximum absolute atomic E-state index is 13.9. The Kier molecular flexibility index (Phi) is 6.47. The minimum atomic E-state index is -0.785. The number of methoxy groups -OCH3 is 1. The SMILES string of the molecule is CCOC(=O)C1=C(C)N=c2s/c(=C/c3ccc(N(C)C)o3)c(=O)n2C1c1c(OC)ccc2ccccc12. The highest BCUT2D eigenvalue weighted by Gasteiger charge is 2.36. The summed E-state index contributed by atoms with van der Waals surface area (Å²) in [5, 5.41) is 1.84. The van der Waals surface area contributed by atoms with Crippen molar-refractivity contribution in [3.8, 4) is 5.75 Å². The number of anilines is 1. The van der Waals surface area contributed by atoms with Gasteiger partial charge in [-0.15, -0.1) is 0 Å². The topological polar surface area (TPSA) is 86.3 Å². The van der Waals surface area contributed by atoms with E-state index in [4.69, 9.17) is 13.9 Å². The summed E-state index contributed by atoms with van der Waals surface area (Å²) in [4.78, 5) is 34.2. The van der Waals surface area contributed by atoms with Gasteiger partial charge in [-0.1, -0.05) is 41.7 Å². The zero-order valence-electron chi connectivity index (χ0n) is 21.3. The van der Waals surface area contributed by atoms with Crippen molar-refractivity contribution in [2.45, 2.75) is 19.9 Å². The average molecular weight is 518 g/mol. The number of thiazole rings is 1. The van der Waals surface area contributed by atoms with Gasteiger partial charge in [-0.05, 0) is 36.8 Å². The van der Waals surface area contributed by atoms with Crippen molar-refractivity contribution in [1.29, 1.82) is 0 Å².